The van der Waals surface area contributed by atoms with Gasteiger partial charge < -0.3 is 20.1 Å². The molecule has 2 rings (SSSR count). The van der Waals surface area contributed by atoms with Crippen LogP contribution in [-0.4, -0.2) is 54.3 Å². The number of hydrogen-bond acceptors (Lipinski definition) is 4. The first-order chi connectivity index (χ1) is 8.09. The molecule has 2 aliphatic heterocycles. The topological polar surface area (TPSA) is 64.8 Å². The molecule has 6 heteroatoms. The Morgan fingerprint density at radius 2 is 2.18 bits per heavy atom. The Balaban J connectivity index is 1.97. The molecule has 96 valence electrons. The maximum atomic E-state index is 12.2. The van der Waals surface area contributed by atoms with Crippen LogP contribution in [0.2, 0.25) is 0 Å². The maximum absolute atomic E-state index is 12.2. The summed E-state index contributed by atoms with van der Waals surface area (Å²) in [5, 5.41) is 0. The van der Waals surface area contributed by atoms with Crippen LogP contribution in [-0.2, 0) is 14.3 Å². The van der Waals surface area contributed by atoms with Crippen LogP contribution in [0.25, 0.3) is 0 Å². The van der Waals surface area contributed by atoms with Crippen LogP contribution in [0, 0.1) is 5.92 Å². The van der Waals surface area contributed by atoms with E-state index in [-0.39, 0.29) is 24.0 Å². The highest BCUT2D eigenvalue weighted by molar-refractivity contribution is 7.80. The number of nitrogens with two attached hydrogens (primary N) is 1. The van der Waals surface area contributed by atoms with E-state index in [1.807, 2.05) is 6.92 Å². The molecule has 2 aliphatic rings. The third-order valence-electron chi connectivity index (χ3n) is 3.33. The molecule has 3 unspecified atom stereocenters. The molecule has 3 atom stereocenters. The van der Waals surface area contributed by atoms with Crippen molar-refractivity contribution in [2.75, 3.05) is 26.3 Å². The second kappa shape index (κ2) is 5.29. The lowest BCUT2D eigenvalue weighted by atomic mass is 10.0. The number of hydrogen-bond donors (Lipinski definition) is 1. The van der Waals surface area contributed by atoms with Crippen molar-refractivity contribution in [1.29, 1.82) is 0 Å². The van der Waals surface area contributed by atoms with Gasteiger partial charge in [-0.05, 0) is 12.3 Å². The minimum Gasteiger partial charge on any atom is -0.391 e. The predicted molar refractivity (Wildman–Crippen MR) is 66.6 cm³/mol. The minimum absolute atomic E-state index is 0.0413. The number of amides is 1. The summed E-state index contributed by atoms with van der Waals surface area (Å²) in [6, 6.07) is 0. The van der Waals surface area contributed by atoms with Gasteiger partial charge in [-0.15, -0.1) is 0 Å². The zero-order valence-corrected chi connectivity index (χ0v) is 10.7. The first-order valence-electron chi connectivity index (χ1n) is 5.91. The maximum Gasteiger partial charge on any atom is 0.252 e. The van der Waals surface area contributed by atoms with Gasteiger partial charge in [0.25, 0.3) is 5.91 Å². The number of nitrogens with zero attached hydrogens (tertiary/aromatic N) is 1. The Kier molecular flexibility index (Phi) is 3.96. The highest BCUT2D eigenvalue weighted by Crippen LogP contribution is 2.22. The normalized spacial score (nSPS) is 33.7. The van der Waals surface area contributed by atoms with Crippen molar-refractivity contribution in [1.82, 2.24) is 4.90 Å². The van der Waals surface area contributed by atoms with Gasteiger partial charge in [-0.25, -0.2) is 0 Å². The lowest BCUT2D eigenvalue weighted by molar-refractivity contribution is -0.147. The minimum atomic E-state index is -0.320. The van der Waals surface area contributed by atoms with Crippen LogP contribution >= 0.6 is 12.2 Å². The van der Waals surface area contributed by atoms with Crippen LogP contribution < -0.4 is 5.73 Å². The fraction of sp³-hybridized carbons (Fsp3) is 0.818. The van der Waals surface area contributed by atoms with Crippen molar-refractivity contribution >= 4 is 23.1 Å². The summed E-state index contributed by atoms with van der Waals surface area (Å²) in [5.41, 5.74) is 5.55. The average molecular weight is 258 g/mol. The van der Waals surface area contributed by atoms with Gasteiger partial charge in [0.1, 0.15) is 17.2 Å². The van der Waals surface area contributed by atoms with Gasteiger partial charge >= 0.3 is 0 Å². The van der Waals surface area contributed by atoms with Crippen molar-refractivity contribution in [3.63, 3.8) is 0 Å². The van der Waals surface area contributed by atoms with E-state index < -0.39 is 0 Å². The van der Waals surface area contributed by atoms with Gasteiger partial charge in [0.2, 0.25) is 0 Å². The number of carbonyl (C=O) groups is 1. The Labute approximate surface area is 106 Å². The molecular weight excluding hydrogens is 240 g/mol. The zero-order valence-electron chi connectivity index (χ0n) is 9.93. The van der Waals surface area contributed by atoms with Gasteiger partial charge in [0, 0.05) is 13.2 Å². The van der Waals surface area contributed by atoms with Gasteiger partial charge in [-0.2, -0.15) is 0 Å². The van der Waals surface area contributed by atoms with E-state index in [0.717, 1.165) is 6.42 Å². The fourth-order valence-electron chi connectivity index (χ4n) is 2.21. The number of rotatable bonds is 2. The standard InChI is InChI=1S/C11H18N2O3S/c1-7-2-4-16-9(7)11(14)13-3-5-15-8(6-13)10(12)17/h7-9H,2-6H2,1H3,(H2,12,17). The number of morpholine rings is 1. The summed E-state index contributed by atoms with van der Waals surface area (Å²) in [4.78, 5) is 14.3. The SMILES string of the molecule is CC1CCOC1C(=O)N1CCOC(C(N)=S)C1. The highest BCUT2D eigenvalue weighted by atomic mass is 32.1. The smallest absolute Gasteiger partial charge is 0.252 e. The van der Waals surface area contributed by atoms with Gasteiger partial charge in [-0.3, -0.25) is 4.79 Å². The molecule has 2 N–H and O–H groups in total. The lowest BCUT2D eigenvalue weighted by Gasteiger charge is -2.34. The van der Waals surface area contributed by atoms with Crippen molar-refractivity contribution in [2.24, 2.45) is 11.7 Å². The fourth-order valence-corrected chi connectivity index (χ4v) is 2.36. The van der Waals surface area contributed by atoms with Crippen molar-refractivity contribution in [3.05, 3.63) is 0 Å². The van der Waals surface area contributed by atoms with Crippen molar-refractivity contribution in [3.8, 4) is 0 Å². The van der Waals surface area contributed by atoms with Crippen molar-refractivity contribution in [2.45, 2.75) is 25.6 Å². The Hall–Kier alpha value is -0.720. The van der Waals surface area contributed by atoms with E-state index in [9.17, 15) is 4.79 Å². The second-order valence-electron chi connectivity index (χ2n) is 4.60. The third kappa shape index (κ3) is 2.75. The molecule has 0 aromatic carbocycles. The molecule has 0 aromatic heterocycles. The second-order valence-corrected chi connectivity index (χ2v) is 5.07. The molecule has 0 aromatic rings. The van der Waals surface area contributed by atoms with Crippen LogP contribution in [0.4, 0.5) is 0 Å². The number of carbonyl (C=O) groups excluding carboxylic acids is 1. The molecule has 0 radical (unpaired) electrons. The average Bonchev–Trinajstić information content (AvgIpc) is 2.74. The quantitative estimate of drug-likeness (QED) is 0.702. The van der Waals surface area contributed by atoms with Crippen LogP contribution in [0.5, 0.6) is 0 Å². The summed E-state index contributed by atoms with van der Waals surface area (Å²) in [6.07, 6.45) is 0.318. The zero-order chi connectivity index (χ0) is 12.4. The first-order valence-corrected chi connectivity index (χ1v) is 6.31. The summed E-state index contributed by atoms with van der Waals surface area (Å²) in [6.45, 7) is 4.22. The van der Waals surface area contributed by atoms with Crippen LogP contribution in [0.15, 0.2) is 0 Å². The van der Waals surface area contributed by atoms with Gasteiger partial charge in [0.15, 0.2) is 0 Å². The molecule has 2 saturated heterocycles. The lowest BCUT2D eigenvalue weighted by Crippen LogP contribution is -2.53. The largest absolute Gasteiger partial charge is 0.391 e. The van der Waals surface area contributed by atoms with Crippen LogP contribution in [0.1, 0.15) is 13.3 Å². The Morgan fingerprint density at radius 3 is 2.76 bits per heavy atom. The molecule has 17 heavy (non-hydrogen) atoms. The van der Waals surface area contributed by atoms with E-state index in [2.05, 4.69) is 0 Å². The van der Waals surface area contributed by atoms with E-state index in [1.54, 1.807) is 4.90 Å². The monoisotopic (exact) mass is 258 g/mol. The van der Waals surface area contributed by atoms with E-state index >= 15 is 0 Å². The Morgan fingerprint density at radius 1 is 1.41 bits per heavy atom. The Bertz CT molecular complexity index is 324. The molecule has 5 nitrogen and oxygen atoms in total. The third-order valence-corrected chi connectivity index (χ3v) is 3.59. The molecule has 0 bridgehead atoms. The molecule has 0 saturated carbocycles. The number of thiocarbonyl (C=S) groups is 1. The van der Waals surface area contributed by atoms with E-state index in [4.69, 9.17) is 27.4 Å². The molecule has 2 heterocycles. The molecule has 0 aliphatic carbocycles. The van der Waals surface area contributed by atoms with Gasteiger partial charge in [0.05, 0.1) is 13.2 Å². The van der Waals surface area contributed by atoms with E-state index in [1.165, 1.54) is 0 Å². The molecule has 1 amide bonds. The van der Waals surface area contributed by atoms with Crippen LogP contribution in [0.3, 0.4) is 0 Å². The van der Waals surface area contributed by atoms with Crippen molar-refractivity contribution < 1.29 is 14.3 Å². The molecular formula is C11H18N2O3S. The first kappa shape index (κ1) is 12.7. The van der Waals surface area contributed by atoms with E-state index in [0.29, 0.717) is 31.3 Å². The molecule has 2 fully saturated rings. The summed E-state index contributed by atoms with van der Waals surface area (Å²) < 4.78 is 10.9. The summed E-state index contributed by atoms with van der Waals surface area (Å²) in [7, 11) is 0. The van der Waals surface area contributed by atoms with Gasteiger partial charge in [-0.1, -0.05) is 19.1 Å². The summed E-state index contributed by atoms with van der Waals surface area (Å²) >= 11 is 4.90. The highest BCUT2D eigenvalue weighted by Gasteiger charge is 2.36. The predicted octanol–water partition coefficient (Wildman–Crippen LogP) is -0.0751. The number of ether oxygens (including phenoxy) is 2. The summed E-state index contributed by atoms with van der Waals surface area (Å²) in [5.74, 6) is 0.327. The molecule has 0 spiro atoms.